The molecule has 1 aliphatic heterocycles. The number of piperidine rings is 1. The van der Waals surface area contributed by atoms with E-state index in [9.17, 15) is 4.79 Å². The highest BCUT2D eigenvalue weighted by atomic mass is 16.1. The van der Waals surface area contributed by atoms with Gasteiger partial charge in [-0.05, 0) is 30.1 Å². The zero-order valence-electron chi connectivity index (χ0n) is 11.6. The van der Waals surface area contributed by atoms with E-state index in [2.05, 4.69) is 32.6 Å². The van der Waals surface area contributed by atoms with E-state index in [0.717, 1.165) is 13.0 Å². The number of carbonyl (C=O) groups excluding carboxylic acids is 1. The Bertz CT molecular complexity index is 326. The fourth-order valence-electron chi connectivity index (χ4n) is 3.63. The van der Waals surface area contributed by atoms with Crippen LogP contribution in [-0.2, 0) is 4.79 Å². The Balaban J connectivity index is 2.06. The maximum atomic E-state index is 11.5. The normalized spacial score (nSPS) is 36.9. The molecule has 0 aromatic carbocycles. The van der Waals surface area contributed by atoms with E-state index in [-0.39, 0.29) is 17.4 Å². The van der Waals surface area contributed by atoms with Crippen molar-refractivity contribution in [1.82, 2.24) is 4.90 Å². The van der Waals surface area contributed by atoms with Crippen molar-refractivity contribution in [3.63, 3.8) is 0 Å². The molecule has 0 aromatic rings. The Morgan fingerprint density at radius 2 is 2.12 bits per heavy atom. The molecule has 3 heteroatoms. The minimum absolute atomic E-state index is 0.0186. The van der Waals surface area contributed by atoms with E-state index < -0.39 is 0 Å². The maximum Gasteiger partial charge on any atom is 0.234 e. The van der Waals surface area contributed by atoms with Crippen LogP contribution in [0.4, 0.5) is 0 Å². The number of nitrogens with zero attached hydrogens (tertiary/aromatic N) is 1. The van der Waals surface area contributed by atoms with Gasteiger partial charge in [-0.25, -0.2) is 0 Å². The lowest BCUT2D eigenvalue weighted by Crippen LogP contribution is -2.46. The molecule has 1 aliphatic carbocycles. The van der Waals surface area contributed by atoms with Gasteiger partial charge in [-0.3, -0.25) is 9.69 Å². The largest absolute Gasteiger partial charge is 0.368 e. The second kappa shape index (κ2) is 3.98. The first-order chi connectivity index (χ1) is 7.79. The van der Waals surface area contributed by atoms with Gasteiger partial charge in [0.05, 0.1) is 6.04 Å². The van der Waals surface area contributed by atoms with Crippen LogP contribution in [-0.4, -0.2) is 29.4 Å². The molecule has 2 aliphatic rings. The number of carbonyl (C=O) groups is 1. The van der Waals surface area contributed by atoms with Crippen LogP contribution >= 0.6 is 0 Å². The third-order valence-corrected chi connectivity index (χ3v) is 4.63. The van der Waals surface area contributed by atoms with Crippen LogP contribution in [0.5, 0.6) is 0 Å². The highest BCUT2D eigenvalue weighted by Crippen LogP contribution is 2.59. The topological polar surface area (TPSA) is 46.3 Å². The van der Waals surface area contributed by atoms with Crippen LogP contribution in [0.3, 0.4) is 0 Å². The lowest BCUT2D eigenvalue weighted by atomic mass is 9.87. The fraction of sp³-hybridized carbons (Fsp3) is 0.929. The van der Waals surface area contributed by atoms with Gasteiger partial charge in [0.15, 0.2) is 0 Å². The summed E-state index contributed by atoms with van der Waals surface area (Å²) in [7, 11) is 0. The predicted octanol–water partition coefficient (Wildman–Crippen LogP) is 2.15. The second-order valence-corrected chi connectivity index (χ2v) is 7.08. The Labute approximate surface area is 105 Å². The molecular weight excluding hydrogens is 212 g/mol. The zero-order valence-corrected chi connectivity index (χ0v) is 11.6. The molecule has 0 aromatic heterocycles. The monoisotopic (exact) mass is 238 g/mol. The van der Waals surface area contributed by atoms with E-state index in [1.807, 2.05) is 0 Å². The molecule has 1 saturated heterocycles. The van der Waals surface area contributed by atoms with Gasteiger partial charge in [0.2, 0.25) is 5.91 Å². The second-order valence-electron chi connectivity index (χ2n) is 7.08. The first-order valence-electron chi connectivity index (χ1n) is 6.84. The average Bonchev–Trinajstić information content (AvgIpc) is 2.76. The molecule has 1 amide bonds. The lowest BCUT2D eigenvalue weighted by Gasteiger charge is -2.34. The highest BCUT2D eigenvalue weighted by molar-refractivity contribution is 5.80. The Hall–Kier alpha value is -0.570. The molecule has 2 rings (SSSR count). The van der Waals surface area contributed by atoms with Crippen molar-refractivity contribution < 1.29 is 4.79 Å². The van der Waals surface area contributed by atoms with E-state index in [1.54, 1.807) is 0 Å². The Morgan fingerprint density at radius 1 is 1.47 bits per heavy atom. The maximum absolute atomic E-state index is 11.5. The third kappa shape index (κ3) is 2.35. The van der Waals surface area contributed by atoms with E-state index in [1.165, 1.54) is 19.3 Å². The van der Waals surface area contributed by atoms with E-state index in [4.69, 9.17) is 5.73 Å². The minimum atomic E-state index is -0.134. The van der Waals surface area contributed by atoms with Crippen LogP contribution in [0.25, 0.3) is 0 Å². The first-order valence-corrected chi connectivity index (χ1v) is 6.84. The summed E-state index contributed by atoms with van der Waals surface area (Å²) in [6.07, 6.45) is 4.62. The summed E-state index contributed by atoms with van der Waals surface area (Å²) in [5.74, 6) is -0.134. The number of hydrogen-bond donors (Lipinski definition) is 1. The summed E-state index contributed by atoms with van der Waals surface area (Å²) >= 11 is 0. The molecule has 2 fully saturated rings. The number of hydrogen-bond acceptors (Lipinski definition) is 2. The predicted molar refractivity (Wildman–Crippen MR) is 69.5 cm³/mol. The number of likely N-dealkylation sites (tertiary alicyclic amines) is 1. The molecule has 1 saturated carbocycles. The summed E-state index contributed by atoms with van der Waals surface area (Å²) < 4.78 is 0. The molecule has 3 atom stereocenters. The summed E-state index contributed by atoms with van der Waals surface area (Å²) in [4.78, 5) is 13.9. The molecule has 0 spiro atoms. The van der Waals surface area contributed by atoms with Crippen molar-refractivity contribution in [3.8, 4) is 0 Å². The number of nitrogens with two attached hydrogens (primary N) is 1. The van der Waals surface area contributed by atoms with Crippen molar-refractivity contribution in [2.45, 2.75) is 65.5 Å². The van der Waals surface area contributed by atoms with Crippen LogP contribution < -0.4 is 5.73 Å². The van der Waals surface area contributed by atoms with Crippen LogP contribution in [0.15, 0.2) is 0 Å². The quantitative estimate of drug-likeness (QED) is 0.797. The first kappa shape index (κ1) is 12.9. The average molecular weight is 238 g/mol. The van der Waals surface area contributed by atoms with Gasteiger partial charge in [0.1, 0.15) is 0 Å². The third-order valence-electron chi connectivity index (χ3n) is 4.63. The van der Waals surface area contributed by atoms with Gasteiger partial charge in [0, 0.05) is 12.6 Å². The van der Waals surface area contributed by atoms with Crippen molar-refractivity contribution >= 4 is 5.91 Å². The van der Waals surface area contributed by atoms with Gasteiger partial charge in [0.25, 0.3) is 0 Å². The summed E-state index contributed by atoms with van der Waals surface area (Å²) in [5, 5.41) is 0. The van der Waals surface area contributed by atoms with E-state index in [0.29, 0.717) is 11.5 Å². The Morgan fingerprint density at radius 3 is 2.65 bits per heavy atom. The molecule has 1 heterocycles. The molecule has 0 radical (unpaired) electrons. The van der Waals surface area contributed by atoms with Crippen LogP contribution in [0, 0.1) is 10.8 Å². The smallest absolute Gasteiger partial charge is 0.234 e. The number of rotatable bonds is 5. The molecular formula is C14H26N2O. The fourth-order valence-corrected chi connectivity index (χ4v) is 3.63. The van der Waals surface area contributed by atoms with Gasteiger partial charge in [-0.15, -0.1) is 0 Å². The van der Waals surface area contributed by atoms with Crippen molar-refractivity contribution in [2.24, 2.45) is 16.6 Å². The van der Waals surface area contributed by atoms with Crippen LogP contribution in [0.1, 0.15) is 53.4 Å². The Kier molecular flexibility index (Phi) is 3.01. The SMILES string of the molecule is CCCC(C)(C)CN1C(C(N)=O)CC2(C)CC12. The summed E-state index contributed by atoms with van der Waals surface area (Å²) in [6, 6.07) is 0.589. The molecule has 0 bridgehead atoms. The van der Waals surface area contributed by atoms with Gasteiger partial charge in [-0.2, -0.15) is 0 Å². The van der Waals surface area contributed by atoms with Gasteiger partial charge < -0.3 is 5.73 Å². The van der Waals surface area contributed by atoms with Crippen molar-refractivity contribution in [2.75, 3.05) is 6.54 Å². The molecule has 3 unspecified atom stereocenters. The standard InChI is InChI=1S/C14H26N2O/c1-5-6-13(2,3)9-16-10(12(15)17)7-14(4)8-11(14)16/h10-11H,5-9H2,1-4H3,(H2,15,17). The molecule has 2 N–H and O–H groups in total. The molecule has 98 valence electrons. The van der Waals surface area contributed by atoms with Crippen molar-refractivity contribution in [1.29, 1.82) is 0 Å². The zero-order chi connectivity index (χ0) is 12.8. The summed E-state index contributed by atoms with van der Waals surface area (Å²) in [5.41, 5.74) is 6.21. The van der Waals surface area contributed by atoms with E-state index >= 15 is 0 Å². The van der Waals surface area contributed by atoms with Gasteiger partial charge in [-0.1, -0.05) is 34.1 Å². The lowest BCUT2D eigenvalue weighted by molar-refractivity contribution is -0.123. The molecule has 17 heavy (non-hydrogen) atoms. The number of primary amides is 1. The number of amides is 1. The minimum Gasteiger partial charge on any atom is -0.368 e. The highest BCUT2D eigenvalue weighted by Gasteiger charge is 2.62. The molecule has 3 nitrogen and oxygen atoms in total. The van der Waals surface area contributed by atoms with Crippen molar-refractivity contribution in [3.05, 3.63) is 0 Å². The number of fused-ring (bicyclic) bond motifs is 1. The van der Waals surface area contributed by atoms with Crippen LogP contribution in [0.2, 0.25) is 0 Å². The summed E-state index contributed by atoms with van der Waals surface area (Å²) in [6.45, 7) is 10.1. The van der Waals surface area contributed by atoms with Gasteiger partial charge >= 0.3 is 0 Å².